The van der Waals surface area contributed by atoms with Crippen molar-refractivity contribution in [3.8, 4) is 0 Å². The molecule has 1 spiro atoms. The second kappa shape index (κ2) is 6.37. The van der Waals surface area contributed by atoms with Crippen molar-refractivity contribution >= 4 is 11.8 Å². The fourth-order valence-corrected chi connectivity index (χ4v) is 4.40. The zero-order chi connectivity index (χ0) is 16.6. The van der Waals surface area contributed by atoms with Crippen LogP contribution in [0.25, 0.3) is 0 Å². The summed E-state index contributed by atoms with van der Waals surface area (Å²) >= 11 is 0. The third-order valence-corrected chi connectivity index (χ3v) is 5.47. The predicted molar refractivity (Wildman–Crippen MR) is 85.8 cm³/mol. The van der Waals surface area contributed by atoms with Crippen LogP contribution < -0.4 is 5.32 Å². The quantitative estimate of drug-likeness (QED) is 0.684. The maximum absolute atomic E-state index is 12.5. The maximum atomic E-state index is 12.5. The van der Waals surface area contributed by atoms with E-state index in [4.69, 9.17) is 0 Å². The van der Waals surface area contributed by atoms with Crippen LogP contribution in [-0.4, -0.2) is 95.1 Å². The van der Waals surface area contributed by atoms with Crippen LogP contribution in [0.1, 0.15) is 26.7 Å². The lowest BCUT2D eigenvalue weighted by molar-refractivity contribution is -0.149. The van der Waals surface area contributed by atoms with Crippen LogP contribution in [0.5, 0.6) is 0 Å². The van der Waals surface area contributed by atoms with E-state index in [9.17, 15) is 14.7 Å². The number of nitrogens with one attached hydrogen (secondary N) is 1. The molecule has 3 heterocycles. The number of hydrogen-bond acceptors (Lipinski definition) is 5. The maximum Gasteiger partial charge on any atom is 0.224 e. The van der Waals surface area contributed by atoms with E-state index < -0.39 is 0 Å². The highest BCUT2D eigenvalue weighted by molar-refractivity contribution is 5.78. The van der Waals surface area contributed by atoms with Crippen molar-refractivity contribution in [3.05, 3.63) is 0 Å². The normalized spacial score (nSPS) is 30.1. The molecule has 7 heteroatoms. The van der Waals surface area contributed by atoms with Crippen LogP contribution in [0.2, 0.25) is 0 Å². The lowest BCUT2D eigenvalue weighted by Crippen LogP contribution is -2.78. The molecule has 0 unspecified atom stereocenters. The topological polar surface area (TPSA) is 76.1 Å². The van der Waals surface area contributed by atoms with Crippen LogP contribution in [-0.2, 0) is 9.59 Å². The molecule has 0 aromatic rings. The summed E-state index contributed by atoms with van der Waals surface area (Å²) in [4.78, 5) is 30.2. The fourth-order valence-electron chi connectivity index (χ4n) is 4.40. The van der Waals surface area contributed by atoms with Crippen molar-refractivity contribution in [3.63, 3.8) is 0 Å². The highest BCUT2D eigenvalue weighted by Gasteiger charge is 2.56. The number of piperazine rings is 1. The van der Waals surface area contributed by atoms with E-state index in [-0.39, 0.29) is 29.5 Å². The molecule has 0 aromatic heterocycles. The van der Waals surface area contributed by atoms with E-state index in [1.165, 1.54) is 6.92 Å². The number of aliphatic hydroxyl groups excluding tert-OH is 1. The van der Waals surface area contributed by atoms with Gasteiger partial charge < -0.3 is 15.3 Å². The van der Waals surface area contributed by atoms with Gasteiger partial charge in [0.25, 0.3) is 0 Å². The van der Waals surface area contributed by atoms with Crippen molar-refractivity contribution in [2.75, 3.05) is 45.8 Å². The monoisotopic (exact) mass is 324 g/mol. The van der Waals surface area contributed by atoms with Gasteiger partial charge in [-0.15, -0.1) is 0 Å². The minimum Gasteiger partial charge on any atom is -0.392 e. The Balaban J connectivity index is 1.64. The number of fused-ring (bicyclic) bond motifs is 2. The Morgan fingerprint density at radius 3 is 2.65 bits per heavy atom. The Labute approximate surface area is 137 Å². The molecule has 130 valence electrons. The summed E-state index contributed by atoms with van der Waals surface area (Å²) in [5.41, 5.74) is 0.0140. The van der Waals surface area contributed by atoms with E-state index in [0.717, 1.165) is 39.1 Å². The lowest BCUT2D eigenvalue weighted by atomic mass is 9.83. The van der Waals surface area contributed by atoms with Gasteiger partial charge in [0.2, 0.25) is 11.8 Å². The highest BCUT2D eigenvalue weighted by atomic mass is 16.3. The minimum absolute atomic E-state index is 0.0140. The standard InChI is InChI=1S/C16H28N4O3/c1-3-18-9-16(10-18)11-19(15(23)4-5-17-12(2)21)7-13-6-14(22)8-20(13)16/h13-14,22H,3-11H2,1-2H3,(H,17,21)/t13-,14-/m1/s1. The Kier molecular flexibility index (Phi) is 4.62. The number of likely N-dealkylation sites (N-methyl/N-ethyl adjacent to an activating group) is 1. The number of nitrogens with zero attached hydrogens (tertiary/aromatic N) is 3. The Morgan fingerprint density at radius 2 is 2.00 bits per heavy atom. The van der Waals surface area contributed by atoms with Gasteiger partial charge >= 0.3 is 0 Å². The van der Waals surface area contributed by atoms with Crippen molar-refractivity contribution in [1.29, 1.82) is 0 Å². The van der Waals surface area contributed by atoms with Gasteiger partial charge in [-0.2, -0.15) is 0 Å². The van der Waals surface area contributed by atoms with Crippen molar-refractivity contribution < 1.29 is 14.7 Å². The second-order valence-electron chi connectivity index (χ2n) is 7.23. The molecule has 3 aliphatic heterocycles. The second-order valence-corrected chi connectivity index (χ2v) is 7.23. The molecule has 3 saturated heterocycles. The molecule has 2 atom stereocenters. The fraction of sp³-hybridized carbons (Fsp3) is 0.875. The van der Waals surface area contributed by atoms with Crippen LogP contribution in [0, 0.1) is 0 Å². The summed E-state index contributed by atoms with van der Waals surface area (Å²) in [6.45, 7) is 9.17. The molecule has 0 aromatic carbocycles. The number of carbonyl (C=O) groups excluding carboxylic acids is 2. The lowest BCUT2D eigenvalue weighted by Gasteiger charge is -2.61. The molecule has 0 radical (unpaired) electrons. The van der Waals surface area contributed by atoms with Gasteiger partial charge in [0, 0.05) is 58.7 Å². The highest BCUT2D eigenvalue weighted by Crippen LogP contribution is 2.38. The number of amides is 2. The average Bonchev–Trinajstić information content (AvgIpc) is 2.83. The van der Waals surface area contributed by atoms with E-state index in [1.54, 1.807) is 0 Å². The molecule has 0 aliphatic carbocycles. The first kappa shape index (κ1) is 16.7. The first-order valence-corrected chi connectivity index (χ1v) is 8.63. The van der Waals surface area contributed by atoms with Gasteiger partial charge in [0.15, 0.2) is 0 Å². The number of rotatable bonds is 4. The van der Waals surface area contributed by atoms with Gasteiger partial charge in [0.05, 0.1) is 11.6 Å². The third-order valence-electron chi connectivity index (χ3n) is 5.47. The van der Waals surface area contributed by atoms with Gasteiger partial charge in [0.1, 0.15) is 0 Å². The summed E-state index contributed by atoms with van der Waals surface area (Å²) in [6.07, 6.45) is 0.827. The largest absolute Gasteiger partial charge is 0.392 e. The van der Waals surface area contributed by atoms with Crippen molar-refractivity contribution in [2.24, 2.45) is 0 Å². The Bertz CT molecular complexity index is 478. The van der Waals surface area contributed by atoms with E-state index in [2.05, 4.69) is 22.0 Å². The molecule has 23 heavy (non-hydrogen) atoms. The van der Waals surface area contributed by atoms with Gasteiger partial charge in [-0.3, -0.25) is 19.4 Å². The Hall–Kier alpha value is -1.18. The zero-order valence-electron chi connectivity index (χ0n) is 14.1. The van der Waals surface area contributed by atoms with Gasteiger partial charge in [-0.1, -0.05) is 6.92 Å². The molecular formula is C16H28N4O3. The zero-order valence-corrected chi connectivity index (χ0v) is 14.1. The first-order valence-electron chi connectivity index (χ1n) is 8.63. The van der Waals surface area contributed by atoms with Gasteiger partial charge in [-0.05, 0) is 13.0 Å². The first-order chi connectivity index (χ1) is 10.9. The molecular weight excluding hydrogens is 296 g/mol. The summed E-state index contributed by atoms with van der Waals surface area (Å²) in [5, 5.41) is 12.7. The molecule has 2 amide bonds. The molecule has 3 aliphatic rings. The summed E-state index contributed by atoms with van der Waals surface area (Å²) in [5.74, 6) is 0.00435. The predicted octanol–water partition coefficient (Wildman–Crippen LogP) is -1.14. The number of aliphatic hydroxyl groups is 1. The van der Waals surface area contributed by atoms with Crippen LogP contribution >= 0.6 is 0 Å². The minimum atomic E-state index is -0.276. The molecule has 3 fully saturated rings. The molecule has 0 saturated carbocycles. The van der Waals surface area contributed by atoms with Crippen LogP contribution in [0.15, 0.2) is 0 Å². The molecule has 0 bridgehead atoms. The number of carbonyl (C=O) groups is 2. The SMILES string of the molecule is CCN1CC2(C1)CN(C(=O)CCNC(C)=O)C[C@H]1C[C@@H](O)CN12. The van der Waals surface area contributed by atoms with E-state index >= 15 is 0 Å². The molecule has 2 N–H and O–H groups in total. The Morgan fingerprint density at radius 1 is 1.26 bits per heavy atom. The van der Waals surface area contributed by atoms with Gasteiger partial charge in [-0.25, -0.2) is 0 Å². The number of β-amino-alcohol motifs (C(OH)–C–C–N with tert-alkyl or cyclic N) is 1. The summed E-state index contributed by atoms with van der Waals surface area (Å²) in [6, 6.07) is 0.266. The van der Waals surface area contributed by atoms with E-state index in [1.807, 2.05) is 4.90 Å². The summed E-state index contributed by atoms with van der Waals surface area (Å²) in [7, 11) is 0. The van der Waals surface area contributed by atoms with E-state index in [0.29, 0.717) is 19.5 Å². The molecule has 7 nitrogen and oxygen atoms in total. The van der Waals surface area contributed by atoms with Crippen molar-refractivity contribution in [1.82, 2.24) is 20.0 Å². The number of likely N-dealkylation sites (tertiary alicyclic amines) is 1. The van der Waals surface area contributed by atoms with Crippen LogP contribution in [0.3, 0.4) is 0 Å². The average molecular weight is 324 g/mol. The van der Waals surface area contributed by atoms with Crippen molar-refractivity contribution in [2.45, 2.75) is 44.4 Å². The summed E-state index contributed by atoms with van der Waals surface area (Å²) < 4.78 is 0. The van der Waals surface area contributed by atoms with Crippen LogP contribution in [0.4, 0.5) is 0 Å². The number of hydrogen-bond donors (Lipinski definition) is 2. The third kappa shape index (κ3) is 3.22. The molecule has 3 rings (SSSR count). The smallest absolute Gasteiger partial charge is 0.224 e.